The molecule has 0 fully saturated rings. The lowest BCUT2D eigenvalue weighted by atomic mass is 9.93. The molecule has 0 saturated heterocycles. The monoisotopic (exact) mass is 357 g/mol. The molecule has 1 rings (SSSR count). The van der Waals surface area contributed by atoms with E-state index in [-0.39, 0.29) is 36.0 Å². The average Bonchev–Trinajstić information content (AvgIpc) is 2.53. The number of carbonyl (C=O) groups is 2. The van der Waals surface area contributed by atoms with E-state index in [9.17, 15) is 14.7 Å². The van der Waals surface area contributed by atoms with Gasteiger partial charge in [0.25, 0.3) is 0 Å². The van der Waals surface area contributed by atoms with Crippen molar-refractivity contribution in [1.29, 1.82) is 0 Å². The number of hydrogen-bond acceptors (Lipinski definition) is 4. The number of hydrogen-bond donors (Lipinski definition) is 1. The summed E-state index contributed by atoms with van der Waals surface area (Å²) in [6.45, 7) is 5.81. The molecule has 0 aliphatic heterocycles. The van der Waals surface area contributed by atoms with Crippen LogP contribution in [0.15, 0.2) is 18.5 Å². The maximum atomic E-state index is 11.9. The highest BCUT2D eigenvalue weighted by Gasteiger charge is 2.23. The smallest absolute Gasteiger partial charge is 0.337 e. The fourth-order valence-electron chi connectivity index (χ4n) is 2.48. The van der Waals surface area contributed by atoms with Gasteiger partial charge in [-0.2, -0.15) is 0 Å². The van der Waals surface area contributed by atoms with Crippen molar-refractivity contribution >= 4 is 24.3 Å². The molecule has 136 valence electrons. The zero-order chi connectivity index (χ0) is 17.2. The van der Waals surface area contributed by atoms with E-state index >= 15 is 0 Å². The van der Waals surface area contributed by atoms with Crippen molar-refractivity contribution in [2.45, 2.75) is 71.3 Å². The summed E-state index contributed by atoms with van der Waals surface area (Å²) < 4.78 is 5.46. The number of aromatic nitrogens is 1. The Kier molecular flexibility index (Phi) is 11.0. The first-order valence-corrected chi connectivity index (χ1v) is 8.34. The minimum Gasteiger partial charge on any atom is -0.478 e. The molecular weight excluding hydrogens is 330 g/mol. The first-order valence-electron chi connectivity index (χ1n) is 8.34. The fourth-order valence-corrected chi connectivity index (χ4v) is 2.48. The molecular formula is C18H28ClNO4. The number of carboxylic acid groups (broad SMARTS) is 1. The van der Waals surface area contributed by atoms with Crippen LogP contribution in [0.4, 0.5) is 0 Å². The van der Waals surface area contributed by atoms with Crippen LogP contribution < -0.4 is 0 Å². The molecule has 0 radical (unpaired) electrons. The van der Waals surface area contributed by atoms with Crippen LogP contribution in [0.1, 0.15) is 81.1 Å². The number of esters is 1. The van der Waals surface area contributed by atoms with Gasteiger partial charge in [-0.05, 0) is 25.0 Å². The van der Waals surface area contributed by atoms with Gasteiger partial charge >= 0.3 is 11.9 Å². The molecule has 2 unspecified atom stereocenters. The van der Waals surface area contributed by atoms with Gasteiger partial charge < -0.3 is 9.84 Å². The Bertz CT molecular complexity index is 521. The van der Waals surface area contributed by atoms with Gasteiger partial charge in [-0.3, -0.25) is 9.78 Å². The summed E-state index contributed by atoms with van der Waals surface area (Å²) in [7, 11) is 0. The molecule has 6 heteroatoms. The van der Waals surface area contributed by atoms with E-state index in [2.05, 4.69) is 11.9 Å². The summed E-state index contributed by atoms with van der Waals surface area (Å²) in [5, 5.41) is 9.22. The maximum Gasteiger partial charge on any atom is 0.337 e. The number of carbonyl (C=O) groups excluding carboxylic acids is 1. The topological polar surface area (TPSA) is 76.5 Å². The summed E-state index contributed by atoms with van der Waals surface area (Å²) >= 11 is 0. The number of ether oxygens (including phenoxy) is 1. The Morgan fingerprint density at radius 2 is 1.88 bits per heavy atom. The Morgan fingerprint density at radius 3 is 2.50 bits per heavy atom. The molecule has 0 aromatic carbocycles. The summed E-state index contributed by atoms with van der Waals surface area (Å²) in [5.74, 6) is -1.44. The highest BCUT2D eigenvalue weighted by Crippen LogP contribution is 2.24. The molecule has 0 saturated carbocycles. The molecule has 0 bridgehead atoms. The lowest BCUT2D eigenvalue weighted by Crippen LogP contribution is -2.22. The standard InChI is InChI=1S/C18H27NO4.ClH/c1-4-5-6-7-8-9-17(20)23-14(3)13(2)15-10-11-19-12-16(15)18(21)22;/h10-14H,4-9H2,1-3H3,(H,21,22);1H. The number of rotatable bonds is 10. The third-order valence-electron chi connectivity index (χ3n) is 4.08. The van der Waals surface area contributed by atoms with E-state index in [1.807, 2.05) is 6.92 Å². The Labute approximate surface area is 150 Å². The van der Waals surface area contributed by atoms with E-state index in [0.29, 0.717) is 12.0 Å². The number of halogens is 1. The van der Waals surface area contributed by atoms with E-state index < -0.39 is 5.97 Å². The van der Waals surface area contributed by atoms with Crippen molar-refractivity contribution in [2.24, 2.45) is 0 Å². The second-order valence-electron chi connectivity index (χ2n) is 5.92. The van der Waals surface area contributed by atoms with Gasteiger partial charge in [0.2, 0.25) is 0 Å². The third-order valence-corrected chi connectivity index (χ3v) is 4.08. The molecule has 5 nitrogen and oxygen atoms in total. The molecule has 24 heavy (non-hydrogen) atoms. The maximum absolute atomic E-state index is 11.9. The number of unbranched alkanes of at least 4 members (excludes halogenated alkanes) is 4. The van der Waals surface area contributed by atoms with Gasteiger partial charge in [0, 0.05) is 24.7 Å². The zero-order valence-corrected chi connectivity index (χ0v) is 15.5. The SMILES string of the molecule is CCCCCCCC(=O)OC(C)C(C)c1ccncc1C(=O)O.Cl. The lowest BCUT2D eigenvalue weighted by molar-refractivity contribution is -0.149. The van der Waals surface area contributed by atoms with Gasteiger partial charge in [0.15, 0.2) is 0 Å². The van der Waals surface area contributed by atoms with E-state index in [0.717, 1.165) is 19.3 Å². The van der Waals surface area contributed by atoms with Crippen molar-refractivity contribution in [3.63, 3.8) is 0 Å². The van der Waals surface area contributed by atoms with Crippen molar-refractivity contribution < 1.29 is 19.4 Å². The van der Waals surface area contributed by atoms with Crippen molar-refractivity contribution in [1.82, 2.24) is 4.98 Å². The van der Waals surface area contributed by atoms with Crippen molar-refractivity contribution in [2.75, 3.05) is 0 Å². The van der Waals surface area contributed by atoms with Crippen LogP contribution in [0.25, 0.3) is 0 Å². The number of aromatic carboxylic acids is 1. The van der Waals surface area contributed by atoms with Crippen LogP contribution in [0.3, 0.4) is 0 Å². The molecule has 1 aromatic heterocycles. The van der Waals surface area contributed by atoms with E-state index in [1.165, 1.54) is 19.0 Å². The zero-order valence-electron chi connectivity index (χ0n) is 14.7. The molecule has 0 aliphatic carbocycles. The molecule has 0 spiro atoms. The first kappa shape index (κ1) is 22.4. The van der Waals surface area contributed by atoms with Crippen molar-refractivity contribution in [3.8, 4) is 0 Å². The predicted molar refractivity (Wildman–Crippen MR) is 95.8 cm³/mol. The Hall–Kier alpha value is -1.62. The molecule has 1 N–H and O–H groups in total. The Balaban J connectivity index is 0.00000529. The molecule has 1 heterocycles. The first-order chi connectivity index (χ1) is 11.0. The molecule has 0 amide bonds. The largest absolute Gasteiger partial charge is 0.478 e. The Morgan fingerprint density at radius 1 is 1.21 bits per heavy atom. The second kappa shape index (κ2) is 11.8. The minimum atomic E-state index is -1.02. The van der Waals surface area contributed by atoms with Gasteiger partial charge in [-0.25, -0.2) is 4.79 Å². The van der Waals surface area contributed by atoms with Crippen LogP contribution >= 0.6 is 12.4 Å². The van der Waals surface area contributed by atoms with Crippen LogP contribution in [0, 0.1) is 0 Å². The quantitative estimate of drug-likeness (QED) is 0.489. The van der Waals surface area contributed by atoms with Gasteiger partial charge in [-0.1, -0.05) is 39.5 Å². The summed E-state index contributed by atoms with van der Waals surface area (Å²) in [6, 6.07) is 1.67. The van der Waals surface area contributed by atoms with E-state index in [1.54, 1.807) is 19.2 Å². The average molecular weight is 358 g/mol. The van der Waals surface area contributed by atoms with E-state index in [4.69, 9.17) is 4.74 Å². The normalized spacial score (nSPS) is 12.8. The summed E-state index contributed by atoms with van der Waals surface area (Å²) in [4.78, 5) is 27.0. The minimum absolute atomic E-state index is 0. The molecule has 1 aromatic rings. The third kappa shape index (κ3) is 7.30. The fraction of sp³-hybridized carbons (Fsp3) is 0.611. The van der Waals surface area contributed by atoms with Crippen molar-refractivity contribution in [3.05, 3.63) is 29.6 Å². The van der Waals surface area contributed by atoms with Crippen LogP contribution in [0.2, 0.25) is 0 Å². The van der Waals surface area contributed by atoms with Gasteiger partial charge in [0.05, 0.1) is 5.56 Å². The number of carboxylic acids is 1. The molecule has 0 aliphatic rings. The number of pyridine rings is 1. The summed E-state index contributed by atoms with van der Waals surface area (Å²) in [6.07, 6.45) is 8.34. The number of nitrogens with zero attached hydrogens (tertiary/aromatic N) is 1. The predicted octanol–water partition coefficient (Wildman–Crippen LogP) is 4.60. The van der Waals surface area contributed by atoms with Crippen LogP contribution in [0.5, 0.6) is 0 Å². The highest BCUT2D eigenvalue weighted by molar-refractivity contribution is 5.89. The van der Waals surface area contributed by atoms with Gasteiger partial charge in [0.1, 0.15) is 6.10 Å². The van der Waals surface area contributed by atoms with Gasteiger partial charge in [-0.15, -0.1) is 12.4 Å². The molecule has 2 atom stereocenters. The van der Waals surface area contributed by atoms with Crippen LogP contribution in [-0.2, 0) is 9.53 Å². The highest BCUT2D eigenvalue weighted by atomic mass is 35.5. The second-order valence-corrected chi connectivity index (χ2v) is 5.92. The van der Waals surface area contributed by atoms with Crippen LogP contribution in [-0.4, -0.2) is 28.1 Å². The lowest BCUT2D eigenvalue weighted by Gasteiger charge is -2.22. The summed E-state index contributed by atoms with van der Waals surface area (Å²) in [5.41, 5.74) is 0.790.